The first-order valence-electron chi connectivity index (χ1n) is 8.05. The van der Waals surface area contributed by atoms with Gasteiger partial charge in [0.15, 0.2) is 0 Å². The lowest BCUT2D eigenvalue weighted by Crippen LogP contribution is -2.47. The molecule has 2 rings (SSSR count). The van der Waals surface area contributed by atoms with Crippen molar-refractivity contribution in [3.63, 3.8) is 0 Å². The predicted octanol–water partition coefficient (Wildman–Crippen LogP) is 3.68. The van der Waals surface area contributed by atoms with E-state index in [4.69, 9.17) is 0 Å². The van der Waals surface area contributed by atoms with Crippen LogP contribution < -0.4 is 5.32 Å². The van der Waals surface area contributed by atoms with Crippen molar-refractivity contribution in [2.45, 2.75) is 45.2 Å². The van der Waals surface area contributed by atoms with Crippen LogP contribution in [0.15, 0.2) is 24.3 Å². The summed E-state index contributed by atoms with van der Waals surface area (Å²) in [5.41, 5.74) is 3.06. The lowest BCUT2D eigenvalue weighted by molar-refractivity contribution is 0.217. The number of hydrogen-bond donors (Lipinski definition) is 1. The normalized spacial score (nSPS) is 22.2. The van der Waals surface area contributed by atoms with Crippen LogP contribution in [-0.4, -0.2) is 42.6 Å². The second-order valence-electron chi connectivity index (χ2n) is 7.03. The van der Waals surface area contributed by atoms with Crippen LogP contribution in [0.1, 0.15) is 44.9 Å². The SMILES string of the molecule is CCNC(c1ccc(C(C)(C)C)cc1)C1CSCCN1C. The summed E-state index contributed by atoms with van der Waals surface area (Å²) in [6, 6.07) is 10.3. The molecular weight excluding hydrogens is 276 g/mol. The first kappa shape index (κ1) is 16.9. The van der Waals surface area contributed by atoms with E-state index >= 15 is 0 Å². The second kappa shape index (κ2) is 7.17. The standard InChI is InChI=1S/C18H30N2S/c1-6-19-17(16-13-21-12-11-20(16)5)14-7-9-15(10-8-14)18(2,3)4/h7-10,16-17,19H,6,11-13H2,1-5H3. The Bertz CT molecular complexity index is 436. The molecule has 2 atom stereocenters. The number of thioether (sulfide) groups is 1. The van der Waals surface area contributed by atoms with Crippen molar-refractivity contribution in [3.8, 4) is 0 Å². The van der Waals surface area contributed by atoms with Crippen LogP contribution in [0, 0.1) is 0 Å². The van der Waals surface area contributed by atoms with Crippen LogP contribution in [0.3, 0.4) is 0 Å². The molecule has 0 aromatic heterocycles. The van der Waals surface area contributed by atoms with Gasteiger partial charge in [-0.1, -0.05) is 52.0 Å². The molecule has 21 heavy (non-hydrogen) atoms. The fourth-order valence-corrected chi connectivity index (χ4v) is 4.21. The molecular formula is C18H30N2S. The van der Waals surface area contributed by atoms with Crippen LogP contribution in [0.4, 0.5) is 0 Å². The van der Waals surface area contributed by atoms with Gasteiger partial charge in [0.2, 0.25) is 0 Å². The van der Waals surface area contributed by atoms with E-state index in [1.807, 2.05) is 0 Å². The molecule has 0 spiro atoms. The van der Waals surface area contributed by atoms with Gasteiger partial charge in [0.25, 0.3) is 0 Å². The van der Waals surface area contributed by atoms with Crippen molar-refractivity contribution in [1.82, 2.24) is 10.2 Å². The van der Waals surface area contributed by atoms with Gasteiger partial charge >= 0.3 is 0 Å². The highest BCUT2D eigenvalue weighted by molar-refractivity contribution is 7.99. The molecule has 1 aliphatic heterocycles. The lowest BCUT2D eigenvalue weighted by Gasteiger charge is -2.38. The van der Waals surface area contributed by atoms with Gasteiger partial charge in [-0.2, -0.15) is 11.8 Å². The maximum absolute atomic E-state index is 3.70. The van der Waals surface area contributed by atoms with E-state index in [-0.39, 0.29) is 5.41 Å². The minimum atomic E-state index is 0.226. The number of rotatable bonds is 4. The molecule has 2 nitrogen and oxygen atoms in total. The topological polar surface area (TPSA) is 15.3 Å². The van der Waals surface area contributed by atoms with E-state index in [9.17, 15) is 0 Å². The van der Waals surface area contributed by atoms with Gasteiger partial charge in [0, 0.05) is 30.1 Å². The molecule has 1 aliphatic rings. The highest BCUT2D eigenvalue weighted by Crippen LogP contribution is 2.29. The molecule has 0 bridgehead atoms. The van der Waals surface area contributed by atoms with E-state index in [0.717, 1.165) is 6.54 Å². The third-order valence-corrected chi connectivity index (χ3v) is 5.44. The number of benzene rings is 1. The smallest absolute Gasteiger partial charge is 0.0486 e. The maximum Gasteiger partial charge on any atom is 0.0486 e. The largest absolute Gasteiger partial charge is 0.309 e. The van der Waals surface area contributed by atoms with E-state index in [0.29, 0.717) is 12.1 Å². The number of likely N-dealkylation sites (N-methyl/N-ethyl adjacent to an activating group) is 2. The summed E-state index contributed by atoms with van der Waals surface area (Å²) < 4.78 is 0. The average molecular weight is 307 g/mol. The van der Waals surface area contributed by atoms with Gasteiger partial charge in [-0.25, -0.2) is 0 Å². The van der Waals surface area contributed by atoms with Crippen LogP contribution in [0.25, 0.3) is 0 Å². The minimum Gasteiger partial charge on any atom is -0.309 e. The first-order valence-corrected chi connectivity index (χ1v) is 9.20. The van der Waals surface area contributed by atoms with Gasteiger partial charge in [-0.05, 0) is 30.1 Å². The van der Waals surface area contributed by atoms with Gasteiger partial charge < -0.3 is 5.32 Å². The monoisotopic (exact) mass is 306 g/mol. The van der Waals surface area contributed by atoms with E-state index in [2.05, 4.69) is 81.0 Å². The number of nitrogens with zero attached hydrogens (tertiary/aromatic N) is 1. The van der Waals surface area contributed by atoms with Crippen LogP contribution in [-0.2, 0) is 5.41 Å². The Labute approximate surface area is 134 Å². The van der Waals surface area contributed by atoms with Crippen LogP contribution in [0.5, 0.6) is 0 Å². The summed E-state index contributed by atoms with van der Waals surface area (Å²) >= 11 is 2.08. The van der Waals surface area contributed by atoms with Gasteiger partial charge in [0.05, 0.1) is 0 Å². The molecule has 1 heterocycles. The Balaban J connectivity index is 2.21. The summed E-state index contributed by atoms with van der Waals surface area (Å²) in [4.78, 5) is 2.52. The molecule has 1 N–H and O–H groups in total. The molecule has 1 aromatic carbocycles. The summed E-state index contributed by atoms with van der Waals surface area (Å²) in [6.45, 7) is 11.2. The fourth-order valence-electron chi connectivity index (χ4n) is 2.94. The van der Waals surface area contributed by atoms with E-state index < -0.39 is 0 Å². The Kier molecular flexibility index (Phi) is 5.75. The zero-order valence-electron chi connectivity index (χ0n) is 14.1. The molecule has 118 valence electrons. The number of hydrogen-bond acceptors (Lipinski definition) is 3. The summed E-state index contributed by atoms with van der Waals surface area (Å²) in [5, 5.41) is 3.70. The highest BCUT2D eigenvalue weighted by atomic mass is 32.2. The third-order valence-electron chi connectivity index (χ3n) is 4.39. The average Bonchev–Trinajstić information content (AvgIpc) is 2.45. The molecule has 2 unspecified atom stereocenters. The maximum atomic E-state index is 3.70. The molecule has 0 amide bonds. The molecule has 0 saturated carbocycles. The fraction of sp³-hybridized carbons (Fsp3) is 0.667. The zero-order valence-corrected chi connectivity index (χ0v) is 15.0. The Hall–Kier alpha value is -0.510. The molecule has 0 radical (unpaired) electrons. The van der Waals surface area contributed by atoms with Crippen molar-refractivity contribution < 1.29 is 0 Å². The van der Waals surface area contributed by atoms with Crippen molar-refractivity contribution in [3.05, 3.63) is 35.4 Å². The van der Waals surface area contributed by atoms with Gasteiger partial charge in [-0.3, -0.25) is 4.90 Å². The number of nitrogens with one attached hydrogen (secondary N) is 1. The van der Waals surface area contributed by atoms with Crippen molar-refractivity contribution in [2.75, 3.05) is 31.6 Å². The van der Waals surface area contributed by atoms with Crippen LogP contribution >= 0.6 is 11.8 Å². The minimum absolute atomic E-state index is 0.226. The van der Waals surface area contributed by atoms with E-state index in [1.165, 1.54) is 29.2 Å². The van der Waals surface area contributed by atoms with Crippen molar-refractivity contribution >= 4 is 11.8 Å². The van der Waals surface area contributed by atoms with E-state index in [1.54, 1.807) is 0 Å². The molecule has 3 heteroatoms. The molecule has 1 saturated heterocycles. The predicted molar refractivity (Wildman–Crippen MR) is 95.3 cm³/mol. The summed E-state index contributed by atoms with van der Waals surface area (Å²) in [5.74, 6) is 2.48. The zero-order chi connectivity index (χ0) is 15.5. The Morgan fingerprint density at radius 3 is 2.48 bits per heavy atom. The third kappa shape index (κ3) is 4.24. The second-order valence-corrected chi connectivity index (χ2v) is 8.18. The Morgan fingerprint density at radius 1 is 1.29 bits per heavy atom. The quantitative estimate of drug-likeness (QED) is 0.913. The van der Waals surface area contributed by atoms with Crippen molar-refractivity contribution in [2.24, 2.45) is 0 Å². The Morgan fingerprint density at radius 2 is 1.95 bits per heavy atom. The molecule has 1 fully saturated rings. The van der Waals surface area contributed by atoms with Crippen LogP contribution in [0.2, 0.25) is 0 Å². The van der Waals surface area contributed by atoms with Gasteiger partial charge in [0.1, 0.15) is 0 Å². The molecule has 0 aliphatic carbocycles. The first-order chi connectivity index (χ1) is 9.93. The molecule has 1 aromatic rings. The highest BCUT2D eigenvalue weighted by Gasteiger charge is 2.28. The summed E-state index contributed by atoms with van der Waals surface area (Å²) in [6.07, 6.45) is 0. The van der Waals surface area contributed by atoms with Gasteiger partial charge in [-0.15, -0.1) is 0 Å². The lowest BCUT2D eigenvalue weighted by atomic mass is 9.85. The van der Waals surface area contributed by atoms with Crippen molar-refractivity contribution in [1.29, 1.82) is 0 Å². The summed E-state index contributed by atoms with van der Waals surface area (Å²) in [7, 11) is 2.26.